The molecule has 2 aliphatic rings. The van der Waals surface area contributed by atoms with Crippen LogP contribution in [0.3, 0.4) is 0 Å². The number of hydrazine groups is 1. The van der Waals surface area contributed by atoms with Crippen LogP contribution in [0.2, 0.25) is 10.0 Å². The summed E-state index contributed by atoms with van der Waals surface area (Å²) in [5.74, 6) is -0.499. The third-order valence-corrected chi connectivity index (χ3v) is 4.52. The van der Waals surface area contributed by atoms with Crippen LogP contribution in [-0.4, -0.2) is 5.97 Å². The van der Waals surface area contributed by atoms with Gasteiger partial charge in [0, 0.05) is 16.5 Å². The van der Waals surface area contributed by atoms with Crippen LogP contribution in [0.15, 0.2) is 70.2 Å². The number of anilines is 1. The highest BCUT2D eigenvalue weighted by Crippen LogP contribution is 2.39. The van der Waals surface area contributed by atoms with Crippen LogP contribution in [0, 0.1) is 0 Å². The third-order valence-electron chi connectivity index (χ3n) is 3.96. The van der Waals surface area contributed by atoms with Gasteiger partial charge < -0.3 is 4.84 Å². The molecule has 1 unspecified atom stereocenters. The maximum absolute atomic E-state index is 12.2. The summed E-state index contributed by atoms with van der Waals surface area (Å²) >= 11 is 12.2. The zero-order valence-electron chi connectivity index (χ0n) is 12.8. The molecule has 0 aromatic heterocycles. The van der Waals surface area contributed by atoms with Gasteiger partial charge in [-0.05, 0) is 29.8 Å². The highest BCUT2D eigenvalue weighted by Gasteiger charge is 2.35. The Morgan fingerprint density at radius 1 is 1.16 bits per heavy atom. The van der Waals surface area contributed by atoms with Crippen molar-refractivity contribution in [3.63, 3.8) is 0 Å². The number of hydrogen-bond donors (Lipinski definition) is 1. The zero-order valence-corrected chi connectivity index (χ0v) is 14.3. The maximum Gasteiger partial charge on any atom is 0.378 e. The molecule has 2 heterocycles. The van der Waals surface area contributed by atoms with Gasteiger partial charge in [0.25, 0.3) is 0 Å². The number of carbonyl (C=O) groups excluding carboxylic acids is 1. The second kappa shape index (κ2) is 6.48. The molecule has 1 saturated heterocycles. The van der Waals surface area contributed by atoms with Gasteiger partial charge in [-0.2, -0.15) is 10.2 Å². The van der Waals surface area contributed by atoms with Crippen LogP contribution in [0.25, 0.3) is 0 Å². The first-order chi connectivity index (χ1) is 12.1. The van der Waals surface area contributed by atoms with Crippen molar-refractivity contribution < 1.29 is 9.63 Å². The molecule has 1 atom stereocenters. The van der Waals surface area contributed by atoms with Crippen molar-refractivity contribution in [3.05, 3.63) is 75.5 Å². The molecule has 0 amide bonds. The average Bonchev–Trinajstić information content (AvgIpc) is 3.22. The molecule has 0 bridgehead atoms. The van der Waals surface area contributed by atoms with Gasteiger partial charge in [-0.3, -0.25) is 0 Å². The van der Waals surface area contributed by atoms with E-state index in [-0.39, 0.29) is 6.04 Å². The van der Waals surface area contributed by atoms with Crippen molar-refractivity contribution in [2.45, 2.75) is 12.5 Å². The lowest BCUT2D eigenvalue weighted by atomic mass is 10.0. The van der Waals surface area contributed by atoms with E-state index in [1.807, 2.05) is 36.4 Å². The number of carbonyl (C=O) groups is 1. The third kappa shape index (κ3) is 3.00. The molecular formula is C17H12Cl2N4O2. The zero-order chi connectivity index (χ0) is 17.4. The number of nitrogens with one attached hydrogen (secondary N) is 1. The van der Waals surface area contributed by atoms with E-state index in [4.69, 9.17) is 28.0 Å². The van der Waals surface area contributed by atoms with Crippen LogP contribution in [0.1, 0.15) is 18.0 Å². The van der Waals surface area contributed by atoms with E-state index >= 15 is 0 Å². The largest absolute Gasteiger partial charge is 0.378 e. The summed E-state index contributed by atoms with van der Waals surface area (Å²) < 4.78 is 0. The molecule has 2 aromatic rings. The number of azo groups is 1. The Hall–Kier alpha value is -2.41. The smallest absolute Gasteiger partial charge is 0.345 e. The maximum atomic E-state index is 12.2. The molecule has 25 heavy (non-hydrogen) atoms. The predicted molar refractivity (Wildman–Crippen MR) is 93.9 cm³/mol. The minimum absolute atomic E-state index is 0.265. The van der Waals surface area contributed by atoms with Gasteiger partial charge in [0.1, 0.15) is 6.04 Å². The first-order valence-electron chi connectivity index (χ1n) is 7.54. The summed E-state index contributed by atoms with van der Waals surface area (Å²) in [6.07, 6.45) is 0.441. The van der Waals surface area contributed by atoms with E-state index in [1.54, 1.807) is 17.1 Å². The van der Waals surface area contributed by atoms with Gasteiger partial charge in [-0.1, -0.05) is 53.1 Å². The summed E-state index contributed by atoms with van der Waals surface area (Å²) in [5, 5.41) is 11.1. The summed E-state index contributed by atoms with van der Waals surface area (Å²) in [5.41, 5.74) is 5.04. The summed E-state index contributed by atoms with van der Waals surface area (Å²) in [7, 11) is 0. The summed E-state index contributed by atoms with van der Waals surface area (Å²) in [4.78, 5) is 17.1. The highest BCUT2D eigenvalue weighted by atomic mass is 35.5. The molecule has 126 valence electrons. The van der Waals surface area contributed by atoms with Crippen LogP contribution >= 0.6 is 23.2 Å². The fourth-order valence-corrected chi connectivity index (χ4v) is 3.30. The second-order valence-electron chi connectivity index (χ2n) is 5.55. The molecule has 0 saturated carbocycles. The lowest BCUT2D eigenvalue weighted by Gasteiger charge is -2.16. The molecule has 0 aliphatic carbocycles. The standard InChI is InChI=1S/C17H12Cl2N4O2/c18-10-6-7-12(13(19)8-10)14-9-15(21-20-14)16-17(24)25-22-23(16)11-4-2-1-3-5-11/h1-8,14,22H,9H2. The monoisotopic (exact) mass is 374 g/mol. The lowest BCUT2D eigenvalue weighted by Crippen LogP contribution is -2.29. The van der Waals surface area contributed by atoms with Crippen molar-refractivity contribution >= 4 is 34.9 Å². The Morgan fingerprint density at radius 3 is 2.72 bits per heavy atom. The van der Waals surface area contributed by atoms with Gasteiger partial charge in [0.05, 0.1) is 11.4 Å². The summed E-state index contributed by atoms with van der Waals surface area (Å²) in [6.45, 7) is 0. The fourth-order valence-electron chi connectivity index (χ4n) is 2.77. The average molecular weight is 375 g/mol. The molecule has 2 aromatic carbocycles. The molecule has 0 radical (unpaired) electrons. The topological polar surface area (TPSA) is 66.3 Å². The molecule has 2 aliphatic heterocycles. The van der Waals surface area contributed by atoms with Crippen molar-refractivity contribution in [1.29, 1.82) is 0 Å². The second-order valence-corrected chi connectivity index (χ2v) is 6.39. The Morgan fingerprint density at radius 2 is 1.96 bits per heavy atom. The highest BCUT2D eigenvalue weighted by molar-refractivity contribution is 6.35. The molecule has 1 fully saturated rings. The van der Waals surface area contributed by atoms with E-state index in [2.05, 4.69) is 15.8 Å². The molecule has 8 heteroatoms. The minimum atomic E-state index is -0.499. The first kappa shape index (κ1) is 16.1. The van der Waals surface area contributed by atoms with E-state index < -0.39 is 5.97 Å². The number of benzene rings is 2. The van der Waals surface area contributed by atoms with Gasteiger partial charge in [-0.25, -0.2) is 9.80 Å². The van der Waals surface area contributed by atoms with Crippen LogP contribution in [-0.2, 0) is 9.63 Å². The molecule has 0 spiro atoms. The van der Waals surface area contributed by atoms with Gasteiger partial charge in [-0.15, -0.1) is 0 Å². The fraction of sp³-hybridized carbons (Fsp3) is 0.118. The minimum Gasteiger partial charge on any atom is -0.345 e. The van der Waals surface area contributed by atoms with Crippen LogP contribution in [0.4, 0.5) is 5.69 Å². The van der Waals surface area contributed by atoms with E-state index in [9.17, 15) is 4.79 Å². The van der Waals surface area contributed by atoms with E-state index in [0.29, 0.717) is 27.9 Å². The van der Waals surface area contributed by atoms with Gasteiger partial charge >= 0.3 is 5.97 Å². The summed E-state index contributed by atoms with van der Waals surface area (Å²) in [6, 6.07) is 14.3. The van der Waals surface area contributed by atoms with Crippen molar-refractivity contribution in [2.24, 2.45) is 10.2 Å². The number of para-hydroxylation sites is 1. The van der Waals surface area contributed by atoms with E-state index in [1.165, 1.54) is 0 Å². The SMILES string of the molecule is O=C1ONN(c2ccccc2)C1=C1CC(c2ccc(Cl)cc2Cl)N=N1. The Labute approximate surface area is 153 Å². The van der Waals surface area contributed by atoms with Crippen molar-refractivity contribution in [1.82, 2.24) is 5.59 Å². The number of nitrogens with zero attached hydrogens (tertiary/aromatic N) is 3. The van der Waals surface area contributed by atoms with Crippen molar-refractivity contribution in [3.8, 4) is 0 Å². The Balaban J connectivity index is 1.67. The molecular weight excluding hydrogens is 363 g/mol. The Bertz CT molecular complexity index is 899. The quantitative estimate of drug-likeness (QED) is 0.780. The van der Waals surface area contributed by atoms with Crippen LogP contribution in [0.5, 0.6) is 0 Å². The number of hydrogen-bond acceptors (Lipinski definition) is 6. The number of rotatable bonds is 2. The molecule has 6 nitrogen and oxygen atoms in total. The predicted octanol–water partition coefficient (Wildman–Crippen LogP) is 4.59. The van der Waals surface area contributed by atoms with Gasteiger partial charge in [0.2, 0.25) is 0 Å². The normalized spacial score (nSPS) is 22.6. The molecule has 1 N–H and O–H groups in total. The van der Waals surface area contributed by atoms with Crippen LogP contribution < -0.4 is 10.6 Å². The molecule has 4 rings (SSSR count). The van der Waals surface area contributed by atoms with Crippen molar-refractivity contribution in [2.75, 3.05) is 5.01 Å². The Kier molecular flexibility index (Phi) is 4.17. The van der Waals surface area contributed by atoms with Gasteiger partial charge in [0.15, 0.2) is 5.70 Å². The number of halogens is 2. The van der Waals surface area contributed by atoms with E-state index in [0.717, 1.165) is 11.3 Å². The lowest BCUT2D eigenvalue weighted by molar-refractivity contribution is -0.140. The first-order valence-corrected chi connectivity index (χ1v) is 8.30.